The second kappa shape index (κ2) is 9.61. The predicted molar refractivity (Wildman–Crippen MR) is 73.0 cm³/mol. The third-order valence-electron chi connectivity index (χ3n) is 2.84. The average molecular weight is 245 g/mol. The van der Waals surface area contributed by atoms with Crippen molar-refractivity contribution in [2.24, 2.45) is 0 Å². The molecule has 0 aromatic carbocycles. The van der Waals surface area contributed by atoms with Gasteiger partial charge in [-0.2, -0.15) is 0 Å². The first-order valence-electron chi connectivity index (χ1n) is 6.42. The molecule has 1 nitrogen and oxygen atoms in total. The van der Waals surface area contributed by atoms with E-state index in [4.69, 9.17) is 4.43 Å². The van der Waals surface area contributed by atoms with Gasteiger partial charge in [0.1, 0.15) is 0 Å². The maximum absolute atomic E-state index is 5.55. The number of rotatable bonds is 10. The van der Waals surface area contributed by atoms with E-state index in [0.29, 0.717) is 0 Å². The SMILES string of the molecule is CCCCCCCCC[Si][Si](C)(C)OC. The molecule has 0 aliphatic carbocycles. The number of hydrogen-bond acceptors (Lipinski definition) is 1. The summed E-state index contributed by atoms with van der Waals surface area (Å²) in [6.45, 7) is 6.93. The van der Waals surface area contributed by atoms with Crippen LogP contribution >= 0.6 is 0 Å². The third-order valence-corrected chi connectivity index (χ3v) is 9.23. The van der Waals surface area contributed by atoms with Gasteiger partial charge in [-0.1, -0.05) is 57.9 Å². The van der Waals surface area contributed by atoms with Gasteiger partial charge in [0.25, 0.3) is 0 Å². The molecular formula is C12H28OSi2. The standard InChI is InChI=1S/C12H28OSi2/c1-5-6-7-8-9-10-11-12-14-15(3,4)13-2/h5-12H2,1-4H3. The van der Waals surface area contributed by atoms with Gasteiger partial charge >= 0.3 is 0 Å². The quantitative estimate of drug-likeness (QED) is 0.413. The van der Waals surface area contributed by atoms with Crippen molar-refractivity contribution < 1.29 is 4.43 Å². The average Bonchev–Trinajstić information content (AvgIpc) is 2.22. The van der Waals surface area contributed by atoms with Crippen LogP contribution < -0.4 is 0 Å². The summed E-state index contributed by atoms with van der Waals surface area (Å²) < 4.78 is 5.55. The molecule has 0 unspecified atom stereocenters. The first-order valence-corrected chi connectivity index (χ1v) is 11.5. The zero-order chi connectivity index (χ0) is 11.6. The Labute approximate surface area is 99.7 Å². The third kappa shape index (κ3) is 10.7. The van der Waals surface area contributed by atoms with E-state index in [1.807, 2.05) is 7.11 Å². The van der Waals surface area contributed by atoms with Crippen molar-refractivity contribution in [3.63, 3.8) is 0 Å². The Hall–Kier alpha value is 0.394. The maximum Gasteiger partial charge on any atom is 0.168 e. The van der Waals surface area contributed by atoms with Gasteiger partial charge in [0.05, 0.1) is 9.04 Å². The van der Waals surface area contributed by atoms with Crippen molar-refractivity contribution in [2.45, 2.75) is 71.0 Å². The maximum atomic E-state index is 5.55. The molecule has 0 fully saturated rings. The molecule has 0 aliphatic heterocycles. The van der Waals surface area contributed by atoms with Crippen LogP contribution in [0.2, 0.25) is 19.1 Å². The number of hydrogen-bond donors (Lipinski definition) is 0. The summed E-state index contributed by atoms with van der Waals surface area (Å²) in [4.78, 5) is 0. The summed E-state index contributed by atoms with van der Waals surface area (Å²) in [5.74, 6) is 0. The Kier molecular flexibility index (Phi) is 9.86. The van der Waals surface area contributed by atoms with E-state index in [2.05, 4.69) is 20.0 Å². The van der Waals surface area contributed by atoms with Crippen LogP contribution in [0.4, 0.5) is 0 Å². The molecule has 0 N–H and O–H groups in total. The molecule has 0 heterocycles. The van der Waals surface area contributed by atoms with Crippen LogP contribution in [-0.2, 0) is 4.43 Å². The monoisotopic (exact) mass is 244 g/mol. The molecule has 0 spiro atoms. The molecule has 90 valence electrons. The van der Waals surface area contributed by atoms with Gasteiger partial charge in [-0.3, -0.25) is 0 Å². The summed E-state index contributed by atoms with van der Waals surface area (Å²) in [6.07, 6.45) is 9.97. The largest absolute Gasteiger partial charge is 0.424 e. The Morgan fingerprint density at radius 2 is 1.47 bits per heavy atom. The zero-order valence-electron chi connectivity index (χ0n) is 11.1. The highest BCUT2D eigenvalue weighted by Crippen LogP contribution is 2.10. The molecule has 0 aliphatic rings. The first kappa shape index (κ1) is 15.4. The zero-order valence-corrected chi connectivity index (χ0v) is 13.1. The molecular weight excluding hydrogens is 216 g/mol. The van der Waals surface area contributed by atoms with Crippen molar-refractivity contribution >= 4 is 16.9 Å². The lowest BCUT2D eigenvalue weighted by atomic mass is 10.1. The highest BCUT2D eigenvalue weighted by Gasteiger charge is 2.19. The molecule has 0 saturated carbocycles. The van der Waals surface area contributed by atoms with Crippen molar-refractivity contribution in [1.29, 1.82) is 0 Å². The lowest BCUT2D eigenvalue weighted by Crippen LogP contribution is -2.36. The second-order valence-corrected chi connectivity index (χ2v) is 13.7. The molecule has 0 amide bonds. The highest BCUT2D eigenvalue weighted by molar-refractivity contribution is 7.20. The minimum atomic E-state index is -1.23. The van der Waals surface area contributed by atoms with Crippen molar-refractivity contribution in [1.82, 2.24) is 0 Å². The first-order chi connectivity index (χ1) is 7.12. The minimum Gasteiger partial charge on any atom is -0.424 e. The molecule has 0 saturated heterocycles. The fourth-order valence-corrected chi connectivity index (χ4v) is 5.49. The van der Waals surface area contributed by atoms with Crippen LogP contribution in [-0.4, -0.2) is 24.0 Å². The van der Waals surface area contributed by atoms with Crippen LogP contribution in [0.25, 0.3) is 0 Å². The second-order valence-electron chi connectivity index (χ2n) is 4.76. The predicted octanol–water partition coefficient (Wildman–Crippen LogP) is 4.21. The van der Waals surface area contributed by atoms with Gasteiger partial charge in [0, 0.05) is 7.11 Å². The summed E-state index contributed by atoms with van der Waals surface area (Å²) in [5.41, 5.74) is 0. The van der Waals surface area contributed by atoms with Gasteiger partial charge < -0.3 is 4.43 Å². The van der Waals surface area contributed by atoms with E-state index in [1.165, 1.54) is 51.0 Å². The summed E-state index contributed by atoms with van der Waals surface area (Å²) in [6, 6.07) is 1.40. The molecule has 0 atom stereocenters. The van der Waals surface area contributed by atoms with E-state index < -0.39 is 7.83 Å². The van der Waals surface area contributed by atoms with Crippen LogP contribution in [0.1, 0.15) is 51.9 Å². The molecule has 0 aromatic rings. The molecule has 15 heavy (non-hydrogen) atoms. The fraction of sp³-hybridized carbons (Fsp3) is 1.00. The van der Waals surface area contributed by atoms with Crippen LogP contribution in [0.5, 0.6) is 0 Å². The molecule has 0 aromatic heterocycles. The minimum absolute atomic E-state index is 1.09. The summed E-state index contributed by atoms with van der Waals surface area (Å²) in [5, 5.41) is 0. The Morgan fingerprint density at radius 3 is 2.00 bits per heavy atom. The summed E-state index contributed by atoms with van der Waals surface area (Å²) >= 11 is 0. The van der Waals surface area contributed by atoms with Crippen molar-refractivity contribution in [2.75, 3.05) is 7.11 Å². The fourth-order valence-electron chi connectivity index (χ4n) is 1.54. The molecule has 0 rings (SSSR count). The molecule has 3 heteroatoms. The van der Waals surface area contributed by atoms with E-state index >= 15 is 0 Å². The van der Waals surface area contributed by atoms with Gasteiger partial charge in [0.2, 0.25) is 0 Å². The number of unbranched alkanes of at least 4 members (excludes halogenated alkanes) is 6. The van der Waals surface area contributed by atoms with Crippen molar-refractivity contribution in [3.8, 4) is 0 Å². The Bertz CT molecular complexity index is 138. The van der Waals surface area contributed by atoms with Gasteiger partial charge in [-0.25, -0.2) is 0 Å². The van der Waals surface area contributed by atoms with Crippen LogP contribution in [0, 0.1) is 0 Å². The van der Waals surface area contributed by atoms with E-state index in [0.717, 1.165) is 9.04 Å². The highest BCUT2D eigenvalue weighted by atomic mass is 29.2. The van der Waals surface area contributed by atoms with Crippen molar-refractivity contribution in [3.05, 3.63) is 0 Å². The van der Waals surface area contributed by atoms with Crippen LogP contribution in [0.3, 0.4) is 0 Å². The normalized spacial score (nSPS) is 12.0. The van der Waals surface area contributed by atoms with Gasteiger partial charge in [0.15, 0.2) is 7.83 Å². The Morgan fingerprint density at radius 1 is 0.933 bits per heavy atom. The molecule has 0 bridgehead atoms. The van der Waals surface area contributed by atoms with E-state index in [9.17, 15) is 0 Å². The topological polar surface area (TPSA) is 9.23 Å². The Balaban J connectivity index is 3.11. The van der Waals surface area contributed by atoms with Gasteiger partial charge in [-0.15, -0.1) is 0 Å². The summed E-state index contributed by atoms with van der Waals surface area (Å²) in [7, 11) is 1.74. The van der Waals surface area contributed by atoms with Gasteiger partial charge in [-0.05, 0) is 13.1 Å². The molecule has 2 radical (unpaired) electrons. The van der Waals surface area contributed by atoms with E-state index in [1.54, 1.807) is 0 Å². The lowest BCUT2D eigenvalue weighted by molar-refractivity contribution is 0.421. The van der Waals surface area contributed by atoms with Crippen LogP contribution in [0.15, 0.2) is 0 Å². The lowest BCUT2D eigenvalue weighted by Gasteiger charge is -2.18. The smallest absolute Gasteiger partial charge is 0.168 e. The van der Waals surface area contributed by atoms with E-state index in [-0.39, 0.29) is 0 Å².